The van der Waals surface area contributed by atoms with Crippen molar-refractivity contribution in [3.63, 3.8) is 0 Å². The second-order valence-electron chi connectivity index (χ2n) is 16.5. The highest BCUT2D eigenvalue weighted by atomic mass is 14.9. The van der Waals surface area contributed by atoms with Crippen LogP contribution in [0.25, 0.3) is 78.1 Å². The lowest BCUT2D eigenvalue weighted by molar-refractivity contribution is 0.619. The number of rotatable bonds is 6. The Bertz CT molecular complexity index is 2980. The molecular formula is C57H42N2. The minimum atomic E-state index is -0.175. The molecule has 3 aliphatic carbocycles. The highest BCUT2D eigenvalue weighted by molar-refractivity contribution is 6.08. The van der Waals surface area contributed by atoms with E-state index >= 15 is 0 Å². The molecule has 2 nitrogen and oxygen atoms in total. The van der Waals surface area contributed by atoms with Gasteiger partial charge in [0.05, 0.1) is 11.4 Å². The minimum Gasteiger partial charge on any atom is -0.228 e. The van der Waals surface area contributed by atoms with Crippen molar-refractivity contribution in [3.8, 4) is 56.2 Å². The average molecular weight is 755 g/mol. The van der Waals surface area contributed by atoms with Crippen LogP contribution in [-0.4, -0.2) is 9.97 Å². The van der Waals surface area contributed by atoms with Gasteiger partial charge in [0, 0.05) is 33.9 Å². The van der Waals surface area contributed by atoms with Crippen LogP contribution in [0, 0.1) is 11.8 Å². The maximum atomic E-state index is 5.21. The summed E-state index contributed by atoms with van der Waals surface area (Å²) in [5.74, 6) is 1.32. The Hall–Kier alpha value is -7.16. The smallest absolute Gasteiger partial charge is 0.161 e. The third-order valence-electron chi connectivity index (χ3n) is 12.7. The van der Waals surface area contributed by atoms with Crippen molar-refractivity contribution >= 4 is 21.9 Å². The molecule has 59 heavy (non-hydrogen) atoms. The van der Waals surface area contributed by atoms with Gasteiger partial charge in [0.2, 0.25) is 0 Å². The maximum Gasteiger partial charge on any atom is 0.161 e. The van der Waals surface area contributed by atoms with Crippen LogP contribution in [0.3, 0.4) is 0 Å². The van der Waals surface area contributed by atoms with Crippen molar-refractivity contribution in [2.24, 2.45) is 11.8 Å². The zero-order chi connectivity index (χ0) is 39.5. The van der Waals surface area contributed by atoms with Crippen molar-refractivity contribution in [2.45, 2.75) is 19.3 Å². The molecule has 0 N–H and O–H groups in total. The quantitative estimate of drug-likeness (QED) is 0.169. The maximum absolute atomic E-state index is 5.21. The van der Waals surface area contributed by atoms with Gasteiger partial charge in [-0.1, -0.05) is 202 Å². The van der Waals surface area contributed by atoms with E-state index in [2.05, 4.69) is 208 Å². The summed E-state index contributed by atoms with van der Waals surface area (Å²) in [6.45, 7) is 4.83. The normalized spacial score (nSPS) is 17.4. The van der Waals surface area contributed by atoms with Crippen LogP contribution in [-0.2, 0) is 5.41 Å². The fourth-order valence-electron chi connectivity index (χ4n) is 9.70. The Labute approximate surface area is 346 Å². The van der Waals surface area contributed by atoms with Gasteiger partial charge in [0.15, 0.2) is 5.82 Å². The standard InChI is InChI=1S/C57H42N2/c1-57(2)50-34-43(30-31-49(50)55-51(57)35-42-22-12-13-23-45(42)54(55)41-28-26-38(27-29-41)37-16-6-3-7-17-37)44-32-33-48(47-25-15-14-24-46(44)47)56-58-52(39-18-8-4-9-19-39)36-53(59-56)40-20-10-5-11-21-40/h3-36,42,45H,1-2H3. The SMILES string of the molecule is CC1(C)C2=CC3C=CC=CC3C(c3ccc(-c4ccccc4)cc3)=C2c2ccc(-c3ccc(-c4nc(-c5ccccc5)cc(-c5ccccc5)n4)c4ccccc34)cc21. The lowest BCUT2D eigenvalue weighted by Gasteiger charge is -2.34. The van der Waals surface area contributed by atoms with E-state index in [1.54, 1.807) is 0 Å². The van der Waals surface area contributed by atoms with Crippen LogP contribution in [0.5, 0.6) is 0 Å². The van der Waals surface area contributed by atoms with Gasteiger partial charge in [0.25, 0.3) is 0 Å². The van der Waals surface area contributed by atoms with Gasteiger partial charge >= 0.3 is 0 Å². The van der Waals surface area contributed by atoms with Gasteiger partial charge in [-0.25, -0.2) is 9.97 Å². The van der Waals surface area contributed by atoms with Crippen molar-refractivity contribution in [1.82, 2.24) is 9.97 Å². The number of fused-ring (bicyclic) bond motifs is 5. The van der Waals surface area contributed by atoms with Gasteiger partial charge in [-0.05, 0) is 84.6 Å². The van der Waals surface area contributed by atoms with E-state index in [1.165, 1.54) is 61.0 Å². The molecule has 7 aromatic carbocycles. The molecule has 0 bridgehead atoms. The summed E-state index contributed by atoms with van der Waals surface area (Å²) in [6, 6.07) is 63.3. The van der Waals surface area contributed by atoms with Crippen LogP contribution in [0.2, 0.25) is 0 Å². The van der Waals surface area contributed by atoms with E-state index in [0.29, 0.717) is 5.92 Å². The molecule has 2 unspecified atom stereocenters. The Kier molecular flexibility index (Phi) is 8.34. The average Bonchev–Trinajstić information content (AvgIpc) is 3.53. The zero-order valence-electron chi connectivity index (χ0n) is 33.2. The Morgan fingerprint density at radius 3 is 1.61 bits per heavy atom. The lowest BCUT2D eigenvalue weighted by Crippen LogP contribution is -2.23. The molecule has 0 amide bonds. The number of nitrogens with zero attached hydrogens (tertiary/aromatic N) is 2. The largest absolute Gasteiger partial charge is 0.228 e. The molecular weight excluding hydrogens is 713 g/mol. The van der Waals surface area contributed by atoms with E-state index < -0.39 is 0 Å². The summed E-state index contributed by atoms with van der Waals surface area (Å²) in [6.07, 6.45) is 11.8. The monoisotopic (exact) mass is 754 g/mol. The third-order valence-corrected chi connectivity index (χ3v) is 12.7. The summed E-state index contributed by atoms with van der Waals surface area (Å²) in [5.41, 5.74) is 18.0. The van der Waals surface area contributed by atoms with Crippen LogP contribution in [0.1, 0.15) is 30.5 Å². The first-order chi connectivity index (χ1) is 29.0. The predicted molar refractivity (Wildman–Crippen MR) is 246 cm³/mol. The number of hydrogen-bond acceptors (Lipinski definition) is 2. The summed E-state index contributed by atoms with van der Waals surface area (Å²) in [7, 11) is 0. The van der Waals surface area contributed by atoms with E-state index in [9.17, 15) is 0 Å². The number of hydrogen-bond donors (Lipinski definition) is 0. The molecule has 280 valence electrons. The van der Waals surface area contributed by atoms with Gasteiger partial charge in [-0.3, -0.25) is 0 Å². The fraction of sp³-hybridized carbons (Fsp3) is 0.0877. The number of allylic oxidation sites excluding steroid dienone is 8. The molecule has 0 aliphatic heterocycles. The first kappa shape index (κ1) is 35.0. The van der Waals surface area contributed by atoms with Gasteiger partial charge in [-0.2, -0.15) is 0 Å². The summed E-state index contributed by atoms with van der Waals surface area (Å²) < 4.78 is 0. The molecule has 8 aromatic rings. The fourth-order valence-corrected chi connectivity index (χ4v) is 9.70. The van der Waals surface area contributed by atoms with Crippen LogP contribution < -0.4 is 0 Å². The highest BCUT2D eigenvalue weighted by Crippen LogP contribution is 2.58. The van der Waals surface area contributed by atoms with Crippen LogP contribution >= 0.6 is 0 Å². The van der Waals surface area contributed by atoms with Gasteiger partial charge < -0.3 is 0 Å². The first-order valence-electron chi connectivity index (χ1n) is 20.7. The summed E-state index contributed by atoms with van der Waals surface area (Å²) in [4.78, 5) is 10.4. The molecule has 1 heterocycles. The highest BCUT2D eigenvalue weighted by Gasteiger charge is 2.44. The van der Waals surface area contributed by atoms with Crippen molar-refractivity contribution in [1.29, 1.82) is 0 Å². The van der Waals surface area contributed by atoms with Crippen LogP contribution in [0.15, 0.2) is 212 Å². The molecule has 0 saturated heterocycles. The Balaban J connectivity index is 1.05. The Morgan fingerprint density at radius 2 is 0.949 bits per heavy atom. The van der Waals surface area contributed by atoms with Crippen molar-refractivity contribution in [3.05, 3.63) is 229 Å². The number of aromatic nitrogens is 2. The molecule has 2 heteroatoms. The van der Waals surface area contributed by atoms with Crippen molar-refractivity contribution in [2.75, 3.05) is 0 Å². The molecule has 0 spiro atoms. The van der Waals surface area contributed by atoms with Crippen molar-refractivity contribution < 1.29 is 0 Å². The zero-order valence-corrected chi connectivity index (χ0v) is 33.2. The topological polar surface area (TPSA) is 25.8 Å². The second-order valence-corrected chi connectivity index (χ2v) is 16.5. The van der Waals surface area contributed by atoms with Gasteiger partial charge in [-0.15, -0.1) is 0 Å². The molecule has 0 fully saturated rings. The van der Waals surface area contributed by atoms with Crippen LogP contribution in [0.4, 0.5) is 0 Å². The third kappa shape index (κ3) is 5.94. The second kappa shape index (κ2) is 14.0. The van der Waals surface area contributed by atoms with Gasteiger partial charge in [0.1, 0.15) is 0 Å². The molecule has 2 atom stereocenters. The van der Waals surface area contributed by atoms with E-state index in [4.69, 9.17) is 9.97 Å². The predicted octanol–water partition coefficient (Wildman–Crippen LogP) is 14.5. The number of benzene rings is 7. The molecule has 0 radical (unpaired) electrons. The lowest BCUT2D eigenvalue weighted by atomic mass is 9.69. The van der Waals surface area contributed by atoms with E-state index in [0.717, 1.165) is 39.3 Å². The molecule has 3 aliphatic rings. The molecule has 11 rings (SSSR count). The summed E-state index contributed by atoms with van der Waals surface area (Å²) in [5, 5.41) is 2.32. The molecule has 0 saturated carbocycles. The van der Waals surface area contributed by atoms with E-state index in [-0.39, 0.29) is 11.3 Å². The summed E-state index contributed by atoms with van der Waals surface area (Å²) >= 11 is 0. The Morgan fingerprint density at radius 1 is 0.441 bits per heavy atom. The first-order valence-corrected chi connectivity index (χ1v) is 20.7. The van der Waals surface area contributed by atoms with E-state index in [1.807, 2.05) is 12.1 Å². The minimum absolute atomic E-state index is 0.175. The molecule has 1 aromatic heterocycles.